The maximum atomic E-state index is 13.1. The zero-order valence-electron chi connectivity index (χ0n) is 36.2. The topological polar surface area (TPSA) is 199 Å². The molecule has 0 saturated carbocycles. The van der Waals surface area contributed by atoms with E-state index >= 15 is 0 Å². The van der Waals surface area contributed by atoms with Crippen LogP contribution >= 0.6 is 0 Å². The van der Waals surface area contributed by atoms with Gasteiger partial charge in [0.05, 0.1) is 36.9 Å². The van der Waals surface area contributed by atoms with Crippen molar-refractivity contribution in [3.05, 3.63) is 120 Å². The molecule has 0 spiro atoms. The van der Waals surface area contributed by atoms with Crippen LogP contribution in [0.2, 0.25) is 0 Å². The first-order valence-corrected chi connectivity index (χ1v) is 20.2. The Kier molecular flexibility index (Phi) is 23.3. The molecule has 1 fully saturated rings. The zero-order valence-corrected chi connectivity index (χ0v) is 36.2. The van der Waals surface area contributed by atoms with Crippen molar-refractivity contribution in [3.8, 4) is 0 Å². The van der Waals surface area contributed by atoms with Crippen molar-refractivity contribution in [2.24, 2.45) is 11.8 Å². The molecule has 0 aromatic rings. The van der Waals surface area contributed by atoms with Crippen molar-refractivity contribution in [2.45, 2.75) is 129 Å². The molecule has 60 heavy (non-hydrogen) atoms. The van der Waals surface area contributed by atoms with Gasteiger partial charge in [-0.3, -0.25) is 14.4 Å². The molecule has 0 aliphatic carbocycles. The summed E-state index contributed by atoms with van der Waals surface area (Å²) in [5.41, 5.74) is 1.59. The van der Waals surface area contributed by atoms with Crippen molar-refractivity contribution in [2.75, 3.05) is 14.2 Å². The number of hydrogen-bond donors (Lipinski definition) is 5. The number of aliphatic hydroxyl groups is 5. The minimum Gasteiger partial charge on any atom is -0.461 e. The molecule has 0 aromatic heterocycles. The Labute approximate surface area is 355 Å². The summed E-state index contributed by atoms with van der Waals surface area (Å²) in [6.07, 6.45) is 17.1. The lowest BCUT2D eigenvalue weighted by Crippen LogP contribution is -2.59. The van der Waals surface area contributed by atoms with Crippen LogP contribution in [0.3, 0.4) is 0 Å². The predicted octanol–water partition coefficient (Wildman–Crippen LogP) is 4.82. The molecule has 332 valence electrons. The lowest BCUT2D eigenvalue weighted by molar-refractivity contribution is -0.314. The van der Waals surface area contributed by atoms with E-state index in [1.165, 1.54) is 44.6 Å². The molecule has 13 nitrogen and oxygen atoms in total. The van der Waals surface area contributed by atoms with Gasteiger partial charge in [0.2, 0.25) is 0 Å². The Morgan fingerprint density at radius 3 is 2.23 bits per heavy atom. The first-order valence-electron chi connectivity index (χ1n) is 20.2. The van der Waals surface area contributed by atoms with Crippen LogP contribution in [-0.4, -0.2) is 125 Å². The van der Waals surface area contributed by atoms with E-state index in [-0.39, 0.29) is 18.6 Å². The van der Waals surface area contributed by atoms with E-state index in [1.807, 2.05) is 0 Å². The summed E-state index contributed by atoms with van der Waals surface area (Å²) in [6, 6.07) is 0. The number of methoxy groups -OCH3 is 2. The smallest absolute Gasteiger partial charge is 0.309 e. The maximum absolute atomic E-state index is 13.1. The summed E-state index contributed by atoms with van der Waals surface area (Å²) < 4.78 is 28.2. The number of Topliss-reactive ketones (excluding diaryl/α,β-unsaturated/α-hetero) is 1. The van der Waals surface area contributed by atoms with E-state index in [1.54, 1.807) is 121 Å². The van der Waals surface area contributed by atoms with Crippen LogP contribution in [0.15, 0.2) is 120 Å². The van der Waals surface area contributed by atoms with E-state index < -0.39 is 90.9 Å². The molecule has 2 heterocycles. The first kappa shape index (κ1) is 52.0. The van der Waals surface area contributed by atoms with Crippen LogP contribution in [0.5, 0.6) is 0 Å². The molecule has 2 aliphatic rings. The number of hydrogen-bond acceptors (Lipinski definition) is 13. The quantitative estimate of drug-likeness (QED) is 0.0557. The number of aliphatic hydroxyl groups excluding tert-OH is 5. The third kappa shape index (κ3) is 17.1. The van der Waals surface area contributed by atoms with Crippen LogP contribution < -0.4 is 0 Å². The molecule has 0 radical (unpaired) electrons. The SMILES string of the molecule is CO[C@@H]1[C@H](O)[C@@H](OC)[C@H](O[13CH](C)C(O)/[13CH]=C/[13CH]=C/[13CH]=C/[13C](=O)C(C)[13CH](O)C(C)[13CH]2C/[13CH]=C/[13CH]=C/[13CH]=C/[13CH](O)C(=O)/[13C](C)=C/[13CH]=C/[13C](C)=C/[13CH](O)/C(C)=[13CH]\C[13C](=O)O2)O[C@@H]1C. The van der Waals surface area contributed by atoms with Crippen molar-refractivity contribution in [3.63, 3.8) is 0 Å². The molecule has 13 atom stereocenters. The number of cyclic esters (lactones) is 1. The lowest BCUT2D eigenvalue weighted by Gasteiger charge is -2.43. The Bertz CT molecular complexity index is 1700. The van der Waals surface area contributed by atoms with Crippen molar-refractivity contribution < 1.29 is 63.6 Å². The largest absolute Gasteiger partial charge is 0.461 e. The molecule has 0 amide bonds. The van der Waals surface area contributed by atoms with Gasteiger partial charge in [-0.05, 0) is 64.0 Å². The summed E-state index contributed by atoms with van der Waals surface area (Å²) in [5, 5.41) is 53.5. The highest BCUT2D eigenvalue weighted by molar-refractivity contribution is 5.99. The summed E-state index contributed by atoms with van der Waals surface area (Å²) >= 11 is 0. The highest BCUT2D eigenvalue weighted by atomic mass is 16.8. The maximum Gasteiger partial charge on any atom is 0.309 e. The molecular formula is C47H66O13. The van der Waals surface area contributed by atoms with Gasteiger partial charge >= 0.3 is 5.97 Å². The van der Waals surface area contributed by atoms with Crippen molar-refractivity contribution in [1.82, 2.24) is 0 Å². The Morgan fingerprint density at radius 1 is 0.883 bits per heavy atom. The van der Waals surface area contributed by atoms with Crippen LogP contribution in [0.25, 0.3) is 0 Å². The lowest BCUT2D eigenvalue weighted by atomic mass is 9.99. The minimum absolute atomic E-state index is 0.130. The first-order chi connectivity index (χ1) is 28.4. The third-order valence-corrected chi connectivity index (χ3v) is 10.4. The monoisotopic (exact) mass is 856 g/mol. The van der Waals surface area contributed by atoms with Crippen molar-refractivity contribution in [1.29, 1.82) is 0 Å². The Hall–Kier alpha value is -4.15. The number of esters is 1. The van der Waals surface area contributed by atoms with Gasteiger partial charge in [-0.15, -0.1) is 0 Å². The van der Waals surface area contributed by atoms with Gasteiger partial charge in [0.1, 0.15) is 30.5 Å². The normalized spacial score (nSPS) is 34.3. The van der Waals surface area contributed by atoms with E-state index in [0.717, 1.165) is 0 Å². The predicted molar refractivity (Wildman–Crippen MR) is 229 cm³/mol. The number of carbonyl (C=O) groups is 3. The molecule has 2 rings (SSSR count). The van der Waals surface area contributed by atoms with Gasteiger partial charge in [0.25, 0.3) is 0 Å². The van der Waals surface area contributed by atoms with E-state index in [2.05, 4.69) is 0 Å². The Balaban J connectivity index is 2.11. The Morgan fingerprint density at radius 2 is 1.55 bits per heavy atom. The number of ether oxygens (including phenoxy) is 5. The molecule has 0 bridgehead atoms. The highest BCUT2D eigenvalue weighted by Crippen LogP contribution is 2.27. The van der Waals surface area contributed by atoms with E-state index in [4.69, 9.17) is 23.7 Å². The van der Waals surface area contributed by atoms with Gasteiger partial charge in [-0.1, -0.05) is 104 Å². The van der Waals surface area contributed by atoms with Gasteiger partial charge in [-0.2, -0.15) is 0 Å². The second kappa shape index (κ2) is 26.9. The summed E-state index contributed by atoms with van der Waals surface area (Å²) in [5.74, 6) is -2.90. The van der Waals surface area contributed by atoms with Crippen LogP contribution in [0.4, 0.5) is 0 Å². The standard InChI is InChI=1S/C47H66O13/c1-29-20-19-21-31(3)42(53)38(50)24-17-11-10-12-18-25-40(60-41(52)27-26-30(2)39(51)28-29)33(5)43(54)32(4)36(48)22-15-13-14-16-23-37(49)34(6)58-47-46(57-9)44(55)45(56-8)35(7)59-47/h10-24,26,28,32-35,37-40,43-47,49-51,54-55H,25,27H2,1-9H3/b11-10+,14-13+,18-12+,20-19+,22-15+,23-16+,24-17+,29-28+,30-26-,31-21+/t32?,33?,34?,35-,37?,38?,39?,40?,43?,44+,45+,46-,47-/m1/s1/i10+1,14+1,15+1,17+1,18+1,19+1,23+1,26+1,29+1,31+1,34+1,36+1,38+1,39+1,40+1,41+1,43+1. The summed E-state index contributed by atoms with van der Waals surface area (Å²) in [6.45, 7) is 11.8. The fourth-order valence-corrected chi connectivity index (χ4v) is 6.31. The van der Waals surface area contributed by atoms with E-state index in [0.29, 0.717) is 16.7 Å². The molecule has 2 aliphatic heterocycles. The molecule has 5 N–H and O–H groups in total. The molecule has 13 heteroatoms. The second-order valence-corrected chi connectivity index (χ2v) is 15.1. The van der Waals surface area contributed by atoms with Gasteiger partial charge in [0, 0.05) is 32.5 Å². The second-order valence-electron chi connectivity index (χ2n) is 15.1. The van der Waals surface area contributed by atoms with E-state index in [9.17, 15) is 39.9 Å². The van der Waals surface area contributed by atoms with Crippen LogP contribution in [0.1, 0.15) is 61.3 Å². The molecular weight excluding hydrogens is 789 g/mol. The summed E-state index contributed by atoms with van der Waals surface area (Å²) in [4.78, 5) is 38.7. The van der Waals surface area contributed by atoms with Crippen LogP contribution in [-0.2, 0) is 38.1 Å². The average molecular weight is 856 g/mol. The highest BCUT2D eigenvalue weighted by Gasteiger charge is 2.45. The van der Waals surface area contributed by atoms with Gasteiger partial charge < -0.3 is 49.2 Å². The van der Waals surface area contributed by atoms with Crippen molar-refractivity contribution >= 4 is 17.5 Å². The van der Waals surface area contributed by atoms with Crippen LogP contribution in [0, 0.1) is 11.8 Å². The number of allylic oxidation sites excluding steroid dienone is 13. The number of carbonyl (C=O) groups excluding carboxylic acids is 3. The molecule has 0 aromatic carbocycles. The van der Waals surface area contributed by atoms with Gasteiger partial charge in [0.15, 0.2) is 17.9 Å². The zero-order chi connectivity index (χ0) is 44.9. The average Bonchev–Trinajstić information content (AvgIpc) is 3.21. The minimum atomic E-state index is -1.33. The molecule has 1 saturated heterocycles. The summed E-state index contributed by atoms with van der Waals surface area (Å²) in [7, 11) is 2.90. The third-order valence-electron chi connectivity index (χ3n) is 10.4. The fraction of sp³-hybridized carbons (Fsp3) is 0.511. The fourth-order valence-electron chi connectivity index (χ4n) is 6.31. The van der Waals surface area contributed by atoms with Gasteiger partial charge in [-0.25, -0.2) is 0 Å². The number of ketones is 2. The molecule has 8 unspecified atom stereocenters. The number of rotatable bonds is 13.